The number of ether oxygens (including phenoxy) is 1. The minimum absolute atomic E-state index is 0.146. The molecule has 0 fully saturated rings. The summed E-state index contributed by atoms with van der Waals surface area (Å²) in [6, 6.07) is 16.8. The van der Waals surface area contributed by atoms with E-state index in [-0.39, 0.29) is 11.3 Å². The summed E-state index contributed by atoms with van der Waals surface area (Å²) in [5, 5.41) is 13.9. The summed E-state index contributed by atoms with van der Waals surface area (Å²) in [6.07, 6.45) is 1.83. The molecule has 0 aliphatic carbocycles. The number of methoxy groups -OCH3 is 1. The predicted octanol–water partition coefficient (Wildman–Crippen LogP) is 4.48. The third-order valence-corrected chi connectivity index (χ3v) is 4.70. The molecule has 1 amide bonds. The third-order valence-electron chi connectivity index (χ3n) is 4.70. The van der Waals surface area contributed by atoms with Gasteiger partial charge in [-0.2, -0.15) is 0 Å². The van der Waals surface area contributed by atoms with Crippen LogP contribution < -0.4 is 10.1 Å². The van der Waals surface area contributed by atoms with Crippen LogP contribution in [0.15, 0.2) is 66.9 Å². The largest absolute Gasteiger partial charge is 0.497 e. The van der Waals surface area contributed by atoms with Crippen molar-refractivity contribution in [3.63, 3.8) is 0 Å². The first-order chi connectivity index (χ1) is 14.5. The van der Waals surface area contributed by atoms with Crippen molar-refractivity contribution >= 4 is 23.1 Å². The Labute approximate surface area is 171 Å². The van der Waals surface area contributed by atoms with Crippen LogP contribution in [0.1, 0.15) is 15.9 Å². The average molecular weight is 402 g/mol. The number of non-ortho nitro benzene ring substituents is 1. The molecule has 0 aliphatic heterocycles. The van der Waals surface area contributed by atoms with E-state index in [9.17, 15) is 14.9 Å². The highest BCUT2D eigenvalue weighted by Crippen LogP contribution is 2.31. The molecule has 2 heterocycles. The van der Waals surface area contributed by atoms with E-state index in [2.05, 4.69) is 5.32 Å². The number of hydrogen-bond donors (Lipinski definition) is 1. The zero-order chi connectivity index (χ0) is 21.3. The van der Waals surface area contributed by atoms with Gasteiger partial charge in [0.15, 0.2) is 0 Å². The Hall–Kier alpha value is -4.20. The number of amides is 1. The Kier molecular flexibility index (Phi) is 4.89. The number of benzene rings is 2. The van der Waals surface area contributed by atoms with Crippen molar-refractivity contribution in [3.05, 3.63) is 88.1 Å². The summed E-state index contributed by atoms with van der Waals surface area (Å²) in [5.41, 5.74) is 3.13. The number of nitrogens with one attached hydrogen (secondary N) is 1. The van der Waals surface area contributed by atoms with Gasteiger partial charge in [0.25, 0.3) is 11.6 Å². The second kappa shape index (κ2) is 7.67. The van der Waals surface area contributed by atoms with Crippen LogP contribution in [0.4, 0.5) is 11.5 Å². The molecule has 4 rings (SSSR count). The Balaban J connectivity index is 1.79. The minimum atomic E-state index is -0.531. The fraction of sp³-hybridized carbons (Fsp3) is 0.0909. The van der Waals surface area contributed by atoms with Crippen LogP contribution in [-0.2, 0) is 0 Å². The SMILES string of the molecule is COc1ccc(-c2nc3cc(C)ccn3c2NC(=O)c2cccc([N+](=O)[O-])c2)cc1. The first-order valence-electron chi connectivity index (χ1n) is 9.15. The smallest absolute Gasteiger partial charge is 0.270 e. The average Bonchev–Trinajstić information content (AvgIpc) is 3.11. The lowest BCUT2D eigenvalue weighted by atomic mass is 10.1. The molecule has 30 heavy (non-hydrogen) atoms. The summed E-state index contributed by atoms with van der Waals surface area (Å²) >= 11 is 0. The van der Waals surface area contributed by atoms with Gasteiger partial charge in [-0.15, -0.1) is 0 Å². The summed E-state index contributed by atoms with van der Waals surface area (Å²) in [7, 11) is 1.59. The van der Waals surface area contributed by atoms with E-state index in [4.69, 9.17) is 9.72 Å². The van der Waals surface area contributed by atoms with Crippen LogP contribution in [0.5, 0.6) is 5.75 Å². The van der Waals surface area contributed by atoms with E-state index in [1.165, 1.54) is 24.3 Å². The molecule has 8 heteroatoms. The molecule has 0 atom stereocenters. The van der Waals surface area contributed by atoms with Gasteiger partial charge >= 0.3 is 0 Å². The van der Waals surface area contributed by atoms with Gasteiger partial charge in [-0.25, -0.2) is 4.98 Å². The fourth-order valence-corrected chi connectivity index (χ4v) is 3.16. The number of carbonyl (C=O) groups is 1. The third kappa shape index (κ3) is 3.58. The molecular formula is C22H18N4O4. The standard InChI is InChI=1S/C22H18N4O4/c1-14-10-11-25-19(12-14)23-20(15-6-8-18(30-2)9-7-15)21(25)24-22(27)16-4-3-5-17(13-16)26(28)29/h3-13H,1-2H3,(H,24,27). The molecule has 0 radical (unpaired) electrons. The van der Waals surface area contributed by atoms with Crippen molar-refractivity contribution in [2.45, 2.75) is 6.92 Å². The maximum absolute atomic E-state index is 12.9. The van der Waals surface area contributed by atoms with Crippen molar-refractivity contribution in [1.29, 1.82) is 0 Å². The molecule has 0 bridgehead atoms. The summed E-state index contributed by atoms with van der Waals surface area (Å²) < 4.78 is 6.99. The molecule has 2 aromatic carbocycles. The van der Waals surface area contributed by atoms with Crippen molar-refractivity contribution in [2.24, 2.45) is 0 Å². The van der Waals surface area contributed by atoms with Gasteiger partial charge in [0.1, 0.15) is 22.9 Å². The first-order valence-corrected chi connectivity index (χ1v) is 9.15. The van der Waals surface area contributed by atoms with E-state index < -0.39 is 10.8 Å². The number of anilines is 1. The summed E-state index contributed by atoms with van der Waals surface area (Å²) in [6.45, 7) is 1.96. The Bertz CT molecular complexity index is 1260. The highest BCUT2D eigenvalue weighted by atomic mass is 16.6. The normalized spacial score (nSPS) is 10.7. The van der Waals surface area contributed by atoms with E-state index >= 15 is 0 Å². The maximum atomic E-state index is 12.9. The van der Waals surface area contributed by atoms with Crippen LogP contribution in [0, 0.1) is 17.0 Å². The number of rotatable bonds is 5. The first kappa shape index (κ1) is 19.1. The Morgan fingerprint density at radius 3 is 2.60 bits per heavy atom. The predicted molar refractivity (Wildman–Crippen MR) is 113 cm³/mol. The molecule has 0 spiro atoms. The number of aryl methyl sites for hydroxylation is 1. The molecule has 0 unspecified atom stereocenters. The van der Waals surface area contributed by atoms with E-state index in [0.29, 0.717) is 22.9 Å². The lowest BCUT2D eigenvalue weighted by Crippen LogP contribution is -2.14. The number of nitrogens with zero attached hydrogens (tertiary/aromatic N) is 3. The van der Waals surface area contributed by atoms with Crippen molar-refractivity contribution in [1.82, 2.24) is 9.38 Å². The van der Waals surface area contributed by atoms with Gasteiger partial charge in [-0.1, -0.05) is 6.07 Å². The number of pyridine rings is 1. The monoisotopic (exact) mass is 402 g/mol. The molecule has 150 valence electrons. The molecular weight excluding hydrogens is 384 g/mol. The second-order valence-corrected chi connectivity index (χ2v) is 6.73. The van der Waals surface area contributed by atoms with Crippen molar-refractivity contribution in [2.75, 3.05) is 12.4 Å². The highest BCUT2D eigenvalue weighted by molar-refractivity contribution is 6.06. The van der Waals surface area contributed by atoms with Crippen molar-refractivity contribution < 1.29 is 14.5 Å². The van der Waals surface area contributed by atoms with Crippen LogP contribution in [-0.4, -0.2) is 27.3 Å². The fourth-order valence-electron chi connectivity index (χ4n) is 3.16. The molecule has 4 aromatic rings. The lowest BCUT2D eigenvalue weighted by molar-refractivity contribution is -0.384. The number of fused-ring (bicyclic) bond motifs is 1. The number of hydrogen-bond acceptors (Lipinski definition) is 5. The van der Waals surface area contributed by atoms with Gasteiger partial charge in [0.2, 0.25) is 0 Å². The molecule has 8 nitrogen and oxygen atoms in total. The van der Waals surface area contributed by atoms with Crippen LogP contribution >= 0.6 is 0 Å². The van der Waals surface area contributed by atoms with Crippen LogP contribution in [0.2, 0.25) is 0 Å². The van der Waals surface area contributed by atoms with E-state index in [1.54, 1.807) is 11.5 Å². The highest BCUT2D eigenvalue weighted by Gasteiger charge is 2.19. The zero-order valence-electron chi connectivity index (χ0n) is 16.3. The van der Waals surface area contributed by atoms with Gasteiger partial charge in [0.05, 0.1) is 12.0 Å². The Morgan fingerprint density at radius 1 is 1.13 bits per heavy atom. The van der Waals surface area contributed by atoms with Gasteiger partial charge in [0, 0.05) is 29.5 Å². The number of carbonyl (C=O) groups excluding carboxylic acids is 1. The van der Waals surface area contributed by atoms with E-state index in [1.807, 2.05) is 49.5 Å². The molecule has 1 N–H and O–H groups in total. The topological polar surface area (TPSA) is 98.8 Å². The minimum Gasteiger partial charge on any atom is -0.497 e. The number of nitro groups is 1. The number of nitro benzene ring substituents is 1. The zero-order valence-corrected chi connectivity index (χ0v) is 16.3. The van der Waals surface area contributed by atoms with Crippen LogP contribution in [0.3, 0.4) is 0 Å². The molecule has 0 saturated heterocycles. The molecule has 0 saturated carbocycles. The molecule has 2 aromatic heterocycles. The van der Waals surface area contributed by atoms with Gasteiger partial charge in [-0.05, 0) is 55.0 Å². The Morgan fingerprint density at radius 2 is 1.90 bits per heavy atom. The van der Waals surface area contributed by atoms with Crippen molar-refractivity contribution in [3.8, 4) is 17.0 Å². The second-order valence-electron chi connectivity index (χ2n) is 6.73. The quantitative estimate of drug-likeness (QED) is 0.392. The number of aromatic nitrogens is 2. The van der Waals surface area contributed by atoms with Gasteiger partial charge in [-0.3, -0.25) is 19.3 Å². The molecule has 0 aliphatic rings. The maximum Gasteiger partial charge on any atom is 0.270 e. The summed E-state index contributed by atoms with van der Waals surface area (Å²) in [4.78, 5) is 28.1. The number of imidazole rings is 1. The van der Waals surface area contributed by atoms with Gasteiger partial charge < -0.3 is 10.1 Å². The van der Waals surface area contributed by atoms with E-state index in [0.717, 1.165) is 11.1 Å². The summed E-state index contributed by atoms with van der Waals surface area (Å²) in [5.74, 6) is 0.725. The lowest BCUT2D eigenvalue weighted by Gasteiger charge is -2.09. The van der Waals surface area contributed by atoms with Crippen LogP contribution in [0.25, 0.3) is 16.9 Å².